The van der Waals surface area contributed by atoms with E-state index in [1.54, 1.807) is 24.8 Å². The first kappa shape index (κ1) is 26.0. The molecule has 0 spiro atoms. The maximum atomic E-state index is 13.3. The van der Waals surface area contributed by atoms with Gasteiger partial charge in [0.25, 0.3) is 0 Å². The van der Waals surface area contributed by atoms with Gasteiger partial charge in [0.15, 0.2) is 5.78 Å². The monoisotopic (exact) mass is 513 g/mol. The van der Waals surface area contributed by atoms with E-state index in [1.807, 2.05) is 67.6 Å². The van der Waals surface area contributed by atoms with Crippen molar-refractivity contribution in [1.82, 2.24) is 15.1 Å². The Hall–Kier alpha value is -3.58. The smallest absolute Gasteiger partial charge is 0.411 e. The van der Waals surface area contributed by atoms with Crippen LogP contribution in [0.25, 0.3) is 11.3 Å². The zero-order valence-corrected chi connectivity index (χ0v) is 22.3. The molecule has 1 aromatic heterocycles. The summed E-state index contributed by atoms with van der Waals surface area (Å²) < 4.78 is 6.12. The molecule has 198 valence electrons. The van der Waals surface area contributed by atoms with Gasteiger partial charge in [-0.25, -0.2) is 4.79 Å². The molecule has 2 fully saturated rings. The lowest BCUT2D eigenvalue weighted by atomic mass is 9.80. The standard InChI is InChI=1S/C31H35N3O4/c1-21(34-18-17-31(38-29(34)36,20-30(2,3)37)25-7-5-4-6-8-25)23-11-13-24(14-12-23)26-15-16-27(33-32-26)28(35)19-22-9-10-22/h4-8,11-16,21-22,37H,9-10,17-20H2,1-3H3/t21-,31-/m0/s1. The van der Waals surface area contributed by atoms with E-state index in [2.05, 4.69) is 10.2 Å². The number of carbonyl (C=O) groups excluding carboxylic acids is 2. The molecular weight excluding hydrogens is 478 g/mol. The molecule has 1 aliphatic heterocycles. The molecule has 2 aromatic carbocycles. The summed E-state index contributed by atoms with van der Waals surface area (Å²) in [6, 6.07) is 21.0. The molecule has 2 heterocycles. The number of cyclic esters (lactones) is 1. The number of benzene rings is 2. The number of rotatable bonds is 9. The fourth-order valence-electron chi connectivity index (χ4n) is 5.33. The molecular formula is C31H35N3O4. The molecule has 1 saturated carbocycles. The fourth-order valence-corrected chi connectivity index (χ4v) is 5.33. The minimum Gasteiger partial charge on any atom is -0.438 e. The molecule has 1 aliphatic carbocycles. The summed E-state index contributed by atoms with van der Waals surface area (Å²) in [4.78, 5) is 27.3. The molecule has 2 aliphatic rings. The van der Waals surface area contributed by atoms with Crippen molar-refractivity contribution < 1.29 is 19.4 Å². The number of hydrogen-bond acceptors (Lipinski definition) is 6. The number of aromatic nitrogens is 2. The normalized spacial score (nSPS) is 20.6. The van der Waals surface area contributed by atoms with Crippen LogP contribution in [0.15, 0.2) is 66.7 Å². The maximum absolute atomic E-state index is 13.3. The topological polar surface area (TPSA) is 92.6 Å². The molecule has 1 saturated heterocycles. The van der Waals surface area contributed by atoms with E-state index in [0.717, 1.165) is 29.5 Å². The van der Waals surface area contributed by atoms with Crippen LogP contribution in [0.3, 0.4) is 0 Å². The third kappa shape index (κ3) is 5.78. The predicted molar refractivity (Wildman–Crippen MR) is 144 cm³/mol. The fraction of sp³-hybridized carbons (Fsp3) is 0.419. The van der Waals surface area contributed by atoms with E-state index in [-0.39, 0.29) is 11.8 Å². The average molecular weight is 514 g/mol. The van der Waals surface area contributed by atoms with Crippen LogP contribution < -0.4 is 0 Å². The molecule has 2 atom stereocenters. The van der Waals surface area contributed by atoms with Crippen LogP contribution >= 0.6 is 0 Å². The van der Waals surface area contributed by atoms with Gasteiger partial charge < -0.3 is 14.7 Å². The van der Waals surface area contributed by atoms with E-state index in [4.69, 9.17) is 4.74 Å². The Balaban J connectivity index is 1.28. The zero-order valence-electron chi connectivity index (χ0n) is 22.3. The number of carbonyl (C=O) groups is 2. The average Bonchev–Trinajstić information content (AvgIpc) is 3.72. The third-order valence-electron chi connectivity index (χ3n) is 7.57. The molecule has 3 aromatic rings. The number of ether oxygens (including phenoxy) is 1. The quantitative estimate of drug-likeness (QED) is 0.348. The summed E-state index contributed by atoms with van der Waals surface area (Å²) in [6.45, 7) is 5.98. The lowest BCUT2D eigenvalue weighted by Crippen LogP contribution is -2.51. The van der Waals surface area contributed by atoms with Gasteiger partial charge in [-0.2, -0.15) is 0 Å². The third-order valence-corrected chi connectivity index (χ3v) is 7.57. The van der Waals surface area contributed by atoms with Crippen LogP contribution in [0.1, 0.15) is 80.5 Å². The summed E-state index contributed by atoms with van der Waals surface area (Å²) in [5, 5.41) is 19.0. The van der Waals surface area contributed by atoms with Gasteiger partial charge in [-0.15, -0.1) is 10.2 Å². The number of ketones is 1. The van der Waals surface area contributed by atoms with Crippen LogP contribution in [0.5, 0.6) is 0 Å². The first-order valence-corrected chi connectivity index (χ1v) is 13.4. The lowest BCUT2D eigenvalue weighted by molar-refractivity contribution is -0.101. The number of aliphatic hydroxyl groups is 1. The van der Waals surface area contributed by atoms with Crippen molar-refractivity contribution in [2.24, 2.45) is 5.92 Å². The Bertz CT molecular complexity index is 1280. The van der Waals surface area contributed by atoms with Crippen molar-refractivity contribution in [2.75, 3.05) is 6.54 Å². The molecule has 1 N–H and O–H groups in total. The second-order valence-corrected chi connectivity index (χ2v) is 11.3. The predicted octanol–water partition coefficient (Wildman–Crippen LogP) is 6.09. The van der Waals surface area contributed by atoms with Gasteiger partial charge in [0.2, 0.25) is 0 Å². The second kappa shape index (κ2) is 10.3. The molecule has 7 nitrogen and oxygen atoms in total. The first-order chi connectivity index (χ1) is 18.1. The largest absolute Gasteiger partial charge is 0.438 e. The highest BCUT2D eigenvalue weighted by molar-refractivity contribution is 5.94. The van der Waals surface area contributed by atoms with Gasteiger partial charge in [0, 0.05) is 31.4 Å². The number of Topliss-reactive ketones (excluding diaryl/α,β-unsaturated/α-hetero) is 1. The van der Waals surface area contributed by atoms with E-state index >= 15 is 0 Å². The number of amides is 1. The summed E-state index contributed by atoms with van der Waals surface area (Å²) >= 11 is 0. The Labute approximate surface area is 223 Å². The summed E-state index contributed by atoms with van der Waals surface area (Å²) in [7, 11) is 0. The molecule has 0 bridgehead atoms. The second-order valence-electron chi connectivity index (χ2n) is 11.3. The SMILES string of the molecule is C[C@@H](c1ccc(-c2ccc(C(=O)CC3CC3)nn2)cc1)N1CC[C@](CC(C)(C)O)(c2ccccc2)OC1=O. The maximum Gasteiger partial charge on any atom is 0.411 e. The number of nitrogens with zero attached hydrogens (tertiary/aromatic N) is 3. The Morgan fingerprint density at radius 1 is 1.08 bits per heavy atom. The highest BCUT2D eigenvalue weighted by Gasteiger charge is 2.46. The summed E-state index contributed by atoms with van der Waals surface area (Å²) in [5.74, 6) is 0.579. The van der Waals surface area contributed by atoms with Crippen LogP contribution in [0.2, 0.25) is 0 Å². The summed E-state index contributed by atoms with van der Waals surface area (Å²) in [6.07, 6.45) is 3.33. The van der Waals surface area contributed by atoms with Crippen LogP contribution in [0.4, 0.5) is 4.79 Å². The van der Waals surface area contributed by atoms with Crippen molar-refractivity contribution in [3.63, 3.8) is 0 Å². The van der Waals surface area contributed by atoms with Crippen molar-refractivity contribution in [2.45, 2.75) is 70.1 Å². The highest BCUT2D eigenvalue weighted by Crippen LogP contribution is 2.42. The van der Waals surface area contributed by atoms with Gasteiger partial charge in [-0.05, 0) is 62.8 Å². The minimum absolute atomic E-state index is 0.0583. The molecule has 5 rings (SSSR count). The van der Waals surface area contributed by atoms with Gasteiger partial charge in [0.05, 0.1) is 17.3 Å². The zero-order chi connectivity index (χ0) is 26.9. The van der Waals surface area contributed by atoms with E-state index in [0.29, 0.717) is 43.1 Å². The first-order valence-electron chi connectivity index (χ1n) is 13.4. The lowest BCUT2D eigenvalue weighted by Gasteiger charge is -2.45. The molecule has 1 amide bonds. The highest BCUT2D eigenvalue weighted by atomic mass is 16.6. The Kier molecular flexibility index (Phi) is 7.05. The van der Waals surface area contributed by atoms with Gasteiger partial charge >= 0.3 is 6.09 Å². The molecule has 0 radical (unpaired) electrons. The molecule has 38 heavy (non-hydrogen) atoms. The van der Waals surface area contributed by atoms with Gasteiger partial charge in [-0.1, -0.05) is 54.6 Å². The van der Waals surface area contributed by atoms with Gasteiger partial charge in [0.1, 0.15) is 11.3 Å². The van der Waals surface area contributed by atoms with E-state index in [1.165, 1.54) is 0 Å². The van der Waals surface area contributed by atoms with Crippen molar-refractivity contribution in [3.8, 4) is 11.3 Å². The van der Waals surface area contributed by atoms with Crippen LogP contribution in [0, 0.1) is 5.92 Å². The van der Waals surface area contributed by atoms with Gasteiger partial charge in [-0.3, -0.25) is 4.79 Å². The van der Waals surface area contributed by atoms with E-state index in [9.17, 15) is 14.7 Å². The van der Waals surface area contributed by atoms with Crippen molar-refractivity contribution >= 4 is 11.9 Å². The van der Waals surface area contributed by atoms with Crippen LogP contribution in [-0.2, 0) is 10.3 Å². The minimum atomic E-state index is -0.995. The Morgan fingerprint density at radius 3 is 2.37 bits per heavy atom. The summed E-state index contributed by atoms with van der Waals surface area (Å²) in [5.41, 5.74) is 2.02. The van der Waals surface area contributed by atoms with Crippen molar-refractivity contribution in [1.29, 1.82) is 0 Å². The Morgan fingerprint density at radius 2 is 1.79 bits per heavy atom. The molecule has 0 unspecified atom stereocenters. The van der Waals surface area contributed by atoms with Crippen molar-refractivity contribution in [3.05, 3.63) is 83.6 Å². The molecule has 7 heteroatoms. The number of hydrogen-bond donors (Lipinski definition) is 1. The van der Waals surface area contributed by atoms with E-state index < -0.39 is 17.3 Å². The van der Waals surface area contributed by atoms with Crippen LogP contribution in [-0.4, -0.2) is 44.2 Å².